The van der Waals surface area contributed by atoms with Gasteiger partial charge in [0, 0.05) is 33.2 Å². The third kappa shape index (κ3) is 3.72. The van der Waals surface area contributed by atoms with Gasteiger partial charge in [-0.2, -0.15) is 0 Å². The molecular formula is C15H21N3O3. The smallest absolute Gasteiger partial charge is 0.257 e. The number of carbonyl (C=O) groups is 2. The lowest BCUT2D eigenvalue weighted by molar-refractivity contribution is -0.122. The van der Waals surface area contributed by atoms with Gasteiger partial charge in [0.15, 0.2) is 0 Å². The minimum Gasteiger partial charge on any atom is -0.496 e. The molecule has 2 rings (SSSR count). The van der Waals surface area contributed by atoms with Crippen LogP contribution in [0.2, 0.25) is 0 Å². The molecule has 0 radical (unpaired) electrons. The van der Waals surface area contributed by atoms with E-state index in [0.717, 1.165) is 0 Å². The predicted molar refractivity (Wildman–Crippen MR) is 79.4 cm³/mol. The maximum Gasteiger partial charge on any atom is 0.257 e. The van der Waals surface area contributed by atoms with Gasteiger partial charge < -0.3 is 15.0 Å². The fourth-order valence-corrected chi connectivity index (χ4v) is 2.38. The van der Waals surface area contributed by atoms with Crippen LogP contribution in [0, 0.1) is 0 Å². The number of likely N-dealkylation sites (N-methyl/N-ethyl adjacent to an activating group) is 1. The number of methoxy groups -OCH3 is 1. The minimum atomic E-state index is -0.0213. The van der Waals surface area contributed by atoms with E-state index in [1.54, 1.807) is 31.2 Å². The molecule has 6 nitrogen and oxygen atoms in total. The molecule has 0 aliphatic carbocycles. The predicted octanol–water partition coefficient (Wildman–Crippen LogP) is 0.199. The molecule has 0 bridgehead atoms. The zero-order valence-electron chi connectivity index (χ0n) is 12.5. The number of nitrogens with zero attached hydrogens (tertiary/aromatic N) is 2. The van der Waals surface area contributed by atoms with E-state index < -0.39 is 0 Å². The van der Waals surface area contributed by atoms with Crippen molar-refractivity contribution in [2.45, 2.75) is 0 Å². The fraction of sp³-hybridized carbons (Fsp3) is 0.467. The topological polar surface area (TPSA) is 61.9 Å². The van der Waals surface area contributed by atoms with E-state index >= 15 is 0 Å². The molecule has 6 heteroatoms. The quantitative estimate of drug-likeness (QED) is 0.861. The van der Waals surface area contributed by atoms with Crippen LogP contribution in [0.1, 0.15) is 10.4 Å². The Balaban J connectivity index is 1.95. The lowest BCUT2D eigenvalue weighted by atomic mass is 10.1. The number of piperazine rings is 1. The Morgan fingerprint density at radius 2 is 1.86 bits per heavy atom. The van der Waals surface area contributed by atoms with Crippen LogP contribution in [-0.4, -0.2) is 68.5 Å². The molecule has 2 amide bonds. The van der Waals surface area contributed by atoms with E-state index in [4.69, 9.17) is 4.74 Å². The van der Waals surface area contributed by atoms with Crippen molar-refractivity contribution in [1.29, 1.82) is 0 Å². The SMILES string of the molecule is CNC(=O)CN1CCN(C(=O)c2ccccc2OC)CC1. The van der Waals surface area contributed by atoms with Crippen molar-refractivity contribution in [1.82, 2.24) is 15.1 Å². The van der Waals surface area contributed by atoms with Crippen molar-refractivity contribution >= 4 is 11.8 Å². The molecule has 1 fully saturated rings. The highest BCUT2D eigenvalue weighted by Crippen LogP contribution is 2.20. The highest BCUT2D eigenvalue weighted by molar-refractivity contribution is 5.97. The van der Waals surface area contributed by atoms with Crippen molar-refractivity contribution < 1.29 is 14.3 Å². The molecule has 1 N–H and O–H groups in total. The van der Waals surface area contributed by atoms with Crippen LogP contribution < -0.4 is 10.1 Å². The molecule has 0 atom stereocenters. The van der Waals surface area contributed by atoms with Gasteiger partial charge >= 0.3 is 0 Å². The van der Waals surface area contributed by atoms with Gasteiger partial charge in [-0.3, -0.25) is 14.5 Å². The molecule has 1 saturated heterocycles. The summed E-state index contributed by atoms with van der Waals surface area (Å²) in [6.07, 6.45) is 0. The number of benzene rings is 1. The summed E-state index contributed by atoms with van der Waals surface area (Å²) < 4.78 is 5.23. The van der Waals surface area contributed by atoms with E-state index in [-0.39, 0.29) is 11.8 Å². The normalized spacial score (nSPS) is 15.6. The Bertz CT molecular complexity index is 511. The summed E-state index contributed by atoms with van der Waals surface area (Å²) in [7, 11) is 3.19. The zero-order chi connectivity index (χ0) is 15.2. The van der Waals surface area contributed by atoms with Crippen LogP contribution >= 0.6 is 0 Å². The summed E-state index contributed by atoms with van der Waals surface area (Å²) in [5, 5.41) is 2.61. The first-order chi connectivity index (χ1) is 10.2. The average molecular weight is 291 g/mol. The van der Waals surface area contributed by atoms with Crippen LogP contribution in [0.3, 0.4) is 0 Å². The maximum atomic E-state index is 12.5. The van der Waals surface area contributed by atoms with Crippen molar-refractivity contribution in [2.24, 2.45) is 0 Å². The standard InChI is InChI=1S/C15H21N3O3/c1-16-14(19)11-17-7-9-18(10-8-17)15(20)12-5-3-4-6-13(12)21-2/h3-6H,7-11H2,1-2H3,(H,16,19). The third-order valence-electron chi connectivity index (χ3n) is 3.64. The number of para-hydroxylation sites is 1. The van der Waals surface area contributed by atoms with Crippen molar-refractivity contribution in [3.8, 4) is 5.75 Å². The van der Waals surface area contributed by atoms with E-state index in [1.807, 2.05) is 17.0 Å². The Kier molecular flexibility index (Phi) is 5.16. The number of hydrogen-bond acceptors (Lipinski definition) is 4. The van der Waals surface area contributed by atoms with Crippen molar-refractivity contribution in [3.05, 3.63) is 29.8 Å². The highest BCUT2D eigenvalue weighted by atomic mass is 16.5. The van der Waals surface area contributed by atoms with Gasteiger partial charge in [0.1, 0.15) is 5.75 Å². The average Bonchev–Trinajstić information content (AvgIpc) is 2.54. The molecule has 1 aliphatic heterocycles. The molecule has 1 heterocycles. The largest absolute Gasteiger partial charge is 0.496 e. The van der Waals surface area contributed by atoms with Gasteiger partial charge in [0.25, 0.3) is 5.91 Å². The second-order valence-electron chi connectivity index (χ2n) is 4.94. The number of nitrogens with one attached hydrogen (secondary N) is 1. The van der Waals surface area contributed by atoms with Crippen molar-refractivity contribution in [2.75, 3.05) is 46.9 Å². The minimum absolute atomic E-state index is 0.000458. The maximum absolute atomic E-state index is 12.5. The molecule has 1 aromatic carbocycles. The van der Waals surface area contributed by atoms with Crippen LogP contribution in [0.4, 0.5) is 0 Å². The van der Waals surface area contributed by atoms with Crippen LogP contribution in [0.15, 0.2) is 24.3 Å². The van der Waals surface area contributed by atoms with E-state index in [0.29, 0.717) is 44.0 Å². The molecule has 0 unspecified atom stereocenters. The first-order valence-corrected chi connectivity index (χ1v) is 7.01. The summed E-state index contributed by atoms with van der Waals surface area (Å²) in [5.74, 6) is 0.571. The summed E-state index contributed by atoms with van der Waals surface area (Å²) in [4.78, 5) is 27.7. The number of ether oxygens (including phenoxy) is 1. The van der Waals surface area contributed by atoms with Gasteiger partial charge in [0.05, 0.1) is 19.2 Å². The second-order valence-corrected chi connectivity index (χ2v) is 4.94. The number of hydrogen-bond donors (Lipinski definition) is 1. The molecule has 21 heavy (non-hydrogen) atoms. The van der Waals surface area contributed by atoms with Gasteiger partial charge in [-0.05, 0) is 12.1 Å². The molecule has 0 aromatic heterocycles. The van der Waals surface area contributed by atoms with E-state index in [9.17, 15) is 9.59 Å². The molecule has 1 aliphatic rings. The van der Waals surface area contributed by atoms with Gasteiger partial charge in [-0.15, -0.1) is 0 Å². The fourth-order valence-electron chi connectivity index (χ4n) is 2.38. The summed E-state index contributed by atoms with van der Waals surface area (Å²) in [5.41, 5.74) is 0.583. The van der Waals surface area contributed by atoms with Gasteiger partial charge in [-0.25, -0.2) is 0 Å². The molecule has 114 valence electrons. The van der Waals surface area contributed by atoms with Gasteiger partial charge in [-0.1, -0.05) is 12.1 Å². The number of rotatable bonds is 4. The Labute approximate surface area is 124 Å². The number of carbonyl (C=O) groups excluding carboxylic acids is 2. The van der Waals surface area contributed by atoms with E-state index in [1.165, 1.54) is 0 Å². The second kappa shape index (κ2) is 7.08. The highest BCUT2D eigenvalue weighted by Gasteiger charge is 2.24. The molecular weight excluding hydrogens is 270 g/mol. The van der Waals surface area contributed by atoms with Crippen molar-refractivity contribution in [3.63, 3.8) is 0 Å². The lowest BCUT2D eigenvalue weighted by Crippen LogP contribution is -2.50. The zero-order valence-corrected chi connectivity index (χ0v) is 12.5. The Hall–Kier alpha value is -2.08. The van der Waals surface area contributed by atoms with Crippen LogP contribution in [0.5, 0.6) is 5.75 Å². The van der Waals surface area contributed by atoms with Crippen LogP contribution in [-0.2, 0) is 4.79 Å². The van der Waals surface area contributed by atoms with Gasteiger partial charge in [0.2, 0.25) is 5.91 Å². The monoisotopic (exact) mass is 291 g/mol. The lowest BCUT2D eigenvalue weighted by Gasteiger charge is -2.34. The molecule has 1 aromatic rings. The first-order valence-electron chi connectivity index (χ1n) is 7.01. The Morgan fingerprint density at radius 1 is 1.19 bits per heavy atom. The van der Waals surface area contributed by atoms with Crippen LogP contribution in [0.25, 0.3) is 0 Å². The first kappa shape index (κ1) is 15.3. The molecule has 0 saturated carbocycles. The third-order valence-corrected chi connectivity index (χ3v) is 3.64. The number of amides is 2. The molecule has 0 spiro atoms. The summed E-state index contributed by atoms with van der Waals surface area (Å²) in [6, 6.07) is 7.24. The summed E-state index contributed by atoms with van der Waals surface area (Å²) >= 11 is 0. The summed E-state index contributed by atoms with van der Waals surface area (Å²) in [6.45, 7) is 3.03. The Morgan fingerprint density at radius 3 is 2.48 bits per heavy atom. The van der Waals surface area contributed by atoms with E-state index in [2.05, 4.69) is 5.32 Å².